The summed E-state index contributed by atoms with van der Waals surface area (Å²) in [5.41, 5.74) is 0. The molecule has 86 valence electrons. The maximum absolute atomic E-state index is 3.56. The minimum Gasteiger partial charge on any atom is -0.313 e. The van der Waals surface area contributed by atoms with Crippen molar-refractivity contribution < 1.29 is 0 Å². The first-order valence-corrected chi connectivity index (χ1v) is 5.41. The van der Waals surface area contributed by atoms with Crippen molar-refractivity contribution in [2.24, 2.45) is 0 Å². The van der Waals surface area contributed by atoms with Crippen molar-refractivity contribution in [3.63, 3.8) is 0 Å². The lowest BCUT2D eigenvalue weighted by molar-refractivity contribution is 0.210. The Morgan fingerprint density at radius 2 is 1.71 bits per heavy atom. The second-order valence-corrected chi connectivity index (χ2v) is 4.15. The van der Waals surface area contributed by atoms with Gasteiger partial charge in [-0.05, 0) is 45.3 Å². The van der Waals surface area contributed by atoms with E-state index in [1.54, 1.807) is 0 Å². The molecule has 14 heavy (non-hydrogen) atoms. The van der Waals surface area contributed by atoms with Crippen LogP contribution in [0.2, 0.25) is 0 Å². The molecule has 4 heteroatoms. The van der Waals surface area contributed by atoms with Gasteiger partial charge in [0.05, 0.1) is 0 Å². The molecule has 0 aromatic carbocycles. The quantitative estimate of drug-likeness (QED) is 0.686. The summed E-state index contributed by atoms with van der Waals surface area (Å²) >= 11 is 0. The first kappa shape index (κ1) is 15.4. The Kier molecular flexibility index (Phi) is 9.36. The molecule has 2 aliphatic rings. The Hall–Kier alpha value is 1.38. The SMILES string of the molecule is C1CCN(C[C@@H]2CCCN2)CC1.I.I. The molecular weight excluding hydrogens is 402 g/mol. The lowest BCUT2D eigenvalue weighted by atomic mass is 10.1. The molecule has 2 fully saturated rings. The fourth-order valence-corrected chi connectivity index (χ4v) is 2.37. The van der Waals surface area contributed by atoms with E-state index in [4.69, 9.17) is 0 Å². The van der Waals surface area contributed by atoms with Crippen LogP contribution in [-0.2, 0) is 0 Å². The van der Waals surface area contributed by atoms with Crippen LogP contribution in [0.3, 0.4) is 0 Å². The average molecular weight is 424 g/mol. The van der Waals surface area contributed by atoms with Gasteiger partial charge in [0.15, 0.2) is 0 Å². The summed E-state index contributed by atoms with van der Waals surface area (Å²) in [4.78, 5) is 2.63. The van der Waals surface area contributed by atoms with Crippen molar-refractivity contribution in [1.29, 1.82) is 0 Å². The number of likely N-dealkylation sites (tertiary alicyclic amines) is 1. The van der Waals surface area contributed by atoms with Crippen LogP contribution in [0.5, 0.6) is 0 Å². The van der Waals surface area contributed by atoms with Crippen molar-refractivity contribution >= 4 is 48.0 Å². The highest BCUT2D eigenvalue weighted by molar-refractivity contribution is 14.0. The third-order valence-electron chi connectivity index (χ3n) is 3.09. The average Bonchev–Trinajstić information content (AvgIpc) is 2.59. The number of hydrogen-bond donors (Lipinski definition) is 1. The number of halogens is 2. The second-order valence-electron chi connectivity index (χ2n) is 4.15. The zero-order valence-corrected chi connectivity index (χ0v) is 13.4. The van der Waals surface area contributed by atoms with Gasteiger partial charge in [-0.15, -0.1) is 48.0 Å². The minimum absolute atomic E-state index is 0. The van der Waals surface area contributed by atoms with Gasteiger partial charge in [-0.25, -0.2) is 0 Å². The molecule has 2 heterocycles. The lowest BCUT2D eigenvalue weighted by Crippen LogP contribution is -2.40. The summed E-state index contributed by atoms with van der Waals surface area (Å²) in [5, 5.41) is 3.56. The zero-order chi connectivity index (χ0) is 8.23. The molecule has 2 saturated heterocycles. The molecule has 0 aliphatic carbocycles. The highest BCUT2D eigenvalue weighted by atomic mass is 127. The largest absolute Gasteiger partial charge is 0.313 e. The molecule has 1 N–H and O–H groups in total. The predicted molar refractivity (Wildman–Crippen MR) is 82.1 cm³/mol. The molecule has 2 rings (SSSR count). The van der Waals surface area contributed by atoms with Gasteiger partial charge in [0.1, 0.15) is 0 Å². The highest BCUT2D eigenvalue weighted by Crippen LogP contribution is 2.12. The molecule has 0 unspecified atom stereocenters. The van der Waals surface area contributed by atoms with E-state index in [1.165, 1.54) is 58.3 Å². The number of rotatable bonds is 2. The van der Waals surface area contributed by atoms with E-state index in [9.17, 15) is 0 Å². The van der Waals surface area contributed by atoms with E-state index in [0.717, 1.165) is 6.04 Å². The van der Waals surface area contributed by atoms with E-state index in [0.29, 0.717) is 0 Å². The predicted octanol–water partition coefficient (Wildman–Crippen LogP) is 2.46. The third-order valence-corrected chi connectivity index (χ3v) is 3.09. The van der Waals surface area contributed by atoms with Crippen molar-refractivity contribution in [2.45, 2.75) is 38.1 Å². The van der Waals surface area contributed by atoms with Crippen molar-refractivity contribution in [3.05, 3.63) is 0 Å². The van der Waals surface area contributed by atoms with Crippen LogP contribution in [0.1, 0.15) is 32.1 Å². The smallest absolute Gasteiger partial charge is 0.0195 e. The zero-order valence-electron chi connectivity index (χ0n) is 8.71. The lowest BCUT2D eigenvalue weighted by Gasteiger charge is -2.28. The normalized spacial score (nSPS) is 27.9. The van der Waals surface area contributed by atoms with Gasteiger partial charge in [0, 0.05) is 12.6 Å². The number of piperidine rings is 1. The molecular formula is C10H22I2N2. The number of nitrogens with one attached hydrogen (secondary N) is 1. The van der Waals surface area contributed by atoms with E-state index in [2.05, 4.69) is 10.2 Å². The Labute approximate surface area is 122 Å². The second kappa shape index (κ2) is 8.52. The van der Waals surface area contributed by atoms with Crippen LogP contribution in [-0.4, -0.2) is 37.1 Å². The van der Waals surface area contributed by atoms with E-state index in [-0.39, 0.29) is 48.0 Å². The van der Waals surface area contributed by atoms with E-state index < -0.39 is 0 Å². The first-order valence-electron chi connectivity index (χ1n) is 5.41. The molecule has 0 radical (unpaired) electrons. The molecule has 0 amide bonds. The van der Waals surface area contributed by atoms with Gasteiger partial charge < -0.3 is 10.2 Å². The topological polar surface area (TPSA) is 15.3 Å². The van der Waals surface area contributed by atoms with Crippen molar-refractivity contribution in [2.75, 3.05) is 26.2 Å². The Bertz CT molecular complexity index is 132. The molecule has 1 atom stereocenters. The third kappa shape index (κ3) is 4.94. The van der Waals surface area contributed by atoms with Gasteiger partial charge in [0.2, 0.25) is 0 Å². The maximum atomic E-state index is 3.56. The molecule has 0 spiro atoms. The van der Waals surface area contributed by atoms with Crippen molar-refractivity contribution in [1.82, 2.24) is 10.2 Å². The summed E-state index contributed by atoms with van der Waals surface area (Å²) in [6.07, 6.45) is 7.09. The summed E-state index contributed by atoms with van der Waals surface area (Å²) in [5.74, 6) is 0. The monoisotopic (exact) mass is 424 g/mol. The molecule has 2 aliphatic heterocycles. The van der Waals surface area contributed by atoms with Crippen LogP contribution >= 0.6 is 48.0 Å². The van der Waals surface area contributed by atoms with Crippen LogP contribution < -0.4 is 5.32 Å². The van der Waals surface area contributed by atoms with Gasteiger partial charge in [0.25, 0.3) is 0 Å². The van der Waals surface area contributed by atoms with Crippen LogP contribution in [0, 0.1) is 0 Å². The number of hydrogen-bond acceptors (Lipinski definition) is 2. The molecule has 0 saturated carbocycles. The van der Waals surface area contributed by atoms with Crippen molar-refractivity contribution in [3.8, 4) is 0 Å². The minimum atomic E-state index is 0. The Morgan fingerprint density at radius 3 is 2.29 bits per heavy atom. The summed E-state index contributed by atoms with van der Waals surface area (Å²) in [7, 11) is 0. The first-order chi connectivity index (χ1) is 5.95. The van der Waals surface area contributed by atoms with Crippen LogP contribution in [0.4, 0.5) is 0 Å². The maximum Gasteiger partial charge on any atom is 0.0195 e. The highest BCUT2D eigenvalue weighted by Gasteiger charge is 2.18. The summed E-state index contributed by atoms with van der Waals surface area (Å²) < 4.78 is 0. The van der Waals surface area contributed by atoms with Crippen LogP contribution in [0.25, 0.3) is 0 Å². The van der Waals surface area contributed by atoms with E-state index >= 15 is 0 Å². The Balaban J connectivity index is 0.000000845. The fourth-order valence-electron chi connectivity index (χ4n) is 2.37. The van der Waals surface area contributed by atoms with Crippen LogP contribution in [0.15, 0.2) is 0 Å². The fraction of sp³-hybridized carbons (Fsp3) is 1.00. The van der Waals surface area contributed by atoms with Gasteiger partial charge in [-0.1, -0.05) is 6.42 Å². The standard InChI is InChI=1S/C10H20N2.2HI/c1-2-7-12(8-3-1)9-10-5-4-6-11-10;;/h10-11H,1-9H2;2*1H/t10-;;/m0../s1. The molecule has 0 bridgehead atoms. The number of nitrogens with zero attached hydrogens (tertiary/aromatic N) is 1. The van der Waals surface area contributed by atoms with Gasteiger partial charge in [-0.3, -0.25) is 0 Å². The summed E-state index contributed by atoms with van der Waals surface area (Å²) in [6.45, 7) is 5.24. The van der Waals surface area contributed by atoms with Gasteiger partial charge >= 0.3 is 0 Å². The molecule has 2 nitrogen and oxygen atoms in total. The van der Waals surface area contributed by atoms with E-state index in [1.807, 2.05) is 0 Å². The Morgan fingerprint density at radius 1 is 1.00 bits per heavy atom. The molecule has 0 aromatic heterocycles. The molecule has 0 aromatic rings. The summed E-state index contributed by atoms with van der Waals surface area (Å²) in [6, 6.07) is 0.808. The van der Waals surface area contributed by atoms with Gasteiger partial charge in [-0.2, -0.15) is 0 Å².